The first kappa shape index (κ1) is 16.1. The van der Waals surface area contributed by atoms with Gasteiger partial charge in [-0.1, -0.05) is 6.07 Å². The zero-order valence-electron chi connectivity index (χ0n) is 12.8. The summed E-state index contributed by atoms with van der Waals surface area (Å²) in [5.41, 5.74) is 0.906. The van der Waals surface area contributed by atoms with Gasteiger partial charge in [0.15, 0.2) is 11.5 Å². The van der Waals surface area contributed by atoms with Crippen LogP contribution >= 0.6 is 0 Å². The minimum absolute atomic E-state index is 0.0171. The van der Waals surface area contributed by atoms with Crippen LogP contribution in [0, 0.1) is 0 Å². The number of nitrogens with zero attached hydrogens (tertiary/aromatic N) is 1. The van der Waals surface area contributed by atoms with E-state index in [1.165, 1.54) is 11.8 Å². The fraction of sp³-hybridized carbons (Fsp3) is 0.467. The molecule has 2 amide bonds. The Hall–Kier alpha value is -2.28. The lowest BCUT2D eigenvalue weighted by Gasteiger charge is -2.20. The van der Waals surface area contributed by atoms with Crippen molar-refractivity contribution in [2.45, 2.75) is 13.5 Å². The number of rotatable bonds is 7. The summed E-state index contributed by atoms with van der Waals surface area (Å²) in [6.07, 6.45) is 0. The highest BCUT2D eigenvalue weighted by Crippen LogP contribution is 2.32. The van der Waals surface area contributed by atoms with Crippen LogP contribution in [0.2, 0.25) is 0 Å². The molecule has 2 rings (SSSR count). The van der Waals surface area contributed by atoms with Crippen LogP contribution in [0.3, 0.4) is 0 Å². The SMILES string of the molecule is COCCN(CC(=O)NCc1ccc2c(c1)OCO2)C(C)=O. The lowest BCUT2D eigenvalue weighted by atomic mass is 10.2. The Morgan fingerprint density at radius 2 is 2.09 bits per heavy atom. The van der Waals surface area contributed by atoms with Gasteiger partial charge < -0.3 is 24.4 Å². The average Bonchev–Trinajstić information content (AvgIpc) is 2.96. The largest absolute Gasteiger partial charge is 0.454 e. The number of carbonyl (C=O) groups is 2. The van der Waals surface area contributed by atoms with E-state index in [1.54, 1.807) is 7.11 Å². The third-order valence-corrected chi connectivity index (χ3v) is 3.27. The highest BCUT2D eigenvalue weighted by Gasteiger charge is 2.15. The van der Waals surface area contributed by atoms with E-state index in [4.69, 9.17) is 14.2 Å². The van der Waals surface area contributed by atoms with Gasteiger partial charge in [0.2, 0.25) is 18.6 Å². The first-order valence-corrected chi connectivity index (χ1v) is 7.00. The Bertz CT molecular complexity index is 547. The maximum atomic E-state index is 11.9. The maximum Gasteiger partial charge on any atom is 0.239 e. The highest BCUT2D eigenvalue weighted by molar-refractivity contribution is 5.83. The summed E-state index contributed by atoms with van der Waals surface area (Å²) >= 11 is 0. The van der Waals surface area contributed by atoms with Crippen LogP contribution in [0.5, 0.6) is 11.5 Å². The van der Waals surface area contributed by atoms with E-state index in [1.807, 2.05) is 18.2 Å². The van der Waals surface area contributed by atoms with Gasteiger partial charge in [0, 0.05) is 27.1 Å². The fourth-order valence-corrected chi connectivity index (χ4v) is 2.03. The van der Waals surface area contributed by atoms with E-state index in [0.717, 1.165) is 5.56 Å². The minimum atomic E-state index is -0.219. The predicted molar refractivity (Wildman–Crippen MR) is 78.5 cm³/mol. The first-order chi connectivity index (χ1) is 10.6. The fourth-order valence-electron chi connectivity index (χ4n) is 2.03. The third-order valence-electron chi connectivity index (χ3n) is 3.27. The first-order valence-electron chi connectivity index (χ1n) is 7.00. The molecule has 1 aliphatic heterocycles. The lowest BCUT2D eigenvalue weighted by Crippen LogP contribution is -2.41. The molecule has 0 radical (unpaired) electrons. The molecule has 1 N–H and O–H groups in total. The number of ether oxygens (including phenoxy) is 3. The van der Waals surface area contributed by atoms with Crippen LogP contribution < -0.4 is 14.8 Å². The van der Waals surface area contributed by atoms with Crippen molar-refractivity contribution in [1.29, 1.82) is 0 Å². The Labute approximate surface area is 129 Å². The summed E-state index contributed by atoms with van der Waals surface area (Å²) in [5, 5.41) is 2.78. The molecule has 0 saturated heterocycles. The van der Waals surface area contributed by atoms with Crippen molar-refractivity contribution in [3.8, 4) is 11.5 Å². The molecule has 0 aliphatic carbocycles. The summed E-state index contributed by atoms with van der Waals surface area (Å²) in [5.74, 6) is 1.01. The molecule has 120 valence electrons. The van der Waals surface area contributed by atoms with Crippen LogP contribution in [0.1, 0.15) is 12.5 Å². The molecule has 0 fully saturated rings. The molecule has 1 aliphatic rings. The van der Waals surface area contributed by atoms with E-state index in [2.05, 4.69) is 5.32 Å². The maximum absolute atomic E-state index is 11.9. The van der Waals surface area contributed by atoms with Crippen LogP contribution in [0.15, 0.2) is 18.2 Å². The number of benzene rings is 1. The number of fused-ring (bicyclic) bond motifs is 1. The Balaban J connectivity index is 1.82. The molecule has 0 unspecified atom stereocenters. The number of hydrogen-bond acceptors (Lipinski definition) is 5. The second-order valence-corrected chi connectivity index (χ2v) is 4.90. The smallest absolute Gasteiger partial charge is 0.239 e. The zero-order chi connectivity index (χ0) is 15.9. The van der Waals surface area contributed by atoms with E-state index in [0.29, 0.717) is 31.2 Å². The van der Waals surface area contributed by atoms with Crippen molar-refractivity contribution in [3.05, 3.63) is 23.8 Å². The second-order valence-electron chi connectivity index (χ2n) is 4.90. The van der Waals surface area contributed by atoms with Gasteiger partial charge in [-0.15, -0.1) is 0 Å². The second kappa shape index (κ2) is 7.65. The molecule has 1 heterocycles. The van der Waals surface area contributed by atoms with Gasteiger partial charge in [-0.05, 0) is 17.7 Å². The standard InChI is InChI=1S/C15H20N2O5/c1-11(18)17(5-6-20-2)9-15(19)16-8-12-3-4-13-14(7-12)22-10-21-13/h3-4,7H,5-6,8-10H2,1-2H3,(H,16,19). The molecule has 1 aromatic rings. The van der Waals surface area contributed by atoms with Crippen LogP contribution in [-0.2, 0) is 20.9 Å². The monoisotopic (exact) mass is 308 g/mol. The number of methoxy groups -OCH3 is 1. The van der Waals surface area contributed by atoms with Gasteiger partial charge in [0.05, 0.1) is 13.2 Å². The molecule has 0 saturated carbocycles. The van der Waals surface area contributed by atoms with Crippen LogP contribution in [-0.4, -0.2) is 50.3 Å². The summed E-state index contributed by atoms with van der Waals surface area (Å²) < 4.78 is 15.4. The molecule has 7 heteroatoms. The van der Waals surface area contributed by atoms with Crippen molar-refractivity contribution in [2.24, 2.45) is 0 Å². The highest BCUT2D eigenvalue weighted by atomic mass is 16.7. The molecule has 1 aromatic carbocycles. The van der Waals surface area contributed by atoms with E-state index in [9.17, 15) is 9.59 Å². The quantitative estimate of drug-likeness (QED) is 0.795. The normalized spacial score (nSPS) is 12.1. The Morgan fingerprint density at radius 1 is 1.32 bits per heavy atom. The molecular formula is C15H20N2O5. The number of carbonyl (C=O) groups excluding carboxylic acids is 2. The average molecular weight is 308 g/mol. The van der Waals surface area contributed by atoms with Crippen molar-refractivity contribution in [2.75, 3.05) is 33.6 Å². The Morgan fingerprint density at radius 3 is 2.82 bits per heavy atom. The van der Waals surface area contributed by atoms with E-state index in [-0.39, 0.29) is 25.2 Å². The summed E-state index contributed by atoms with van der Waals surface area (Å²) in [4.78, 5) is 24.8. The molecule has 0 spiro atoms. The van der Waals surface area contributed by atoms with E-state index < -0.39 is 0 Å². The van der Waals surface area contributed by atoms with Gasteiger partial charge in [-0.3, -0.25) is 9.59 Å². The van der Waals surface area contributed by atoms with Gasteiger partial charge >= 0.3 is 0 Å². The topological polar surface area (TPSA) is 77.1 Å². The number of hydrogen-bond donors (Lipinski definition) is 1. The molecule has 0 atom stereocenters. The zero-order valence-corrected chi connectivity index (χ0v) is 12.8. The van der Waals surface area contributed by atoms with Gasteiger partial charge in [-0.25, -0.2) is 0 Å². The van der Waals surface area contributed by atoms with Crippen molar-refractivity contribution in [3.63, 3.8) is 0 Å². The van der Waals surface area contributed by atoms with Gasteiger partial charge in [0.1, 0.15) is 0 Å². The van der Waals surface area contributed by atoms with Crippen molar-refractivity contribution >= 4 is 11.8 Å². The molecule has 22 heavy (non-hydrogen) atoms. The summed E-state index contributed by atoms with van der Waals surface area (Å²) in [6, 6.07) is 5.50. The van der Waals surface area contributed by atoms with Crippen LogP contribution in [0.4, 0.5) is 0 Å². The van der Waals surface area contributed by atoms with E-state index >= 15 is 0 Å². The lowest BCUT2D eigenvalue weighted by molar-refractivity contribution is -0.135. The summed E-state index contributed by atoms with van der Waals surface area (Å²) in [7, 11) is 1.55. The molecular weight excluding hydrogens is 288 g/mol. The molecule has 0 aromatic heterocycles. The van der Waals surface area contributed by atoms with Gasteiger partial charge in [0.25, 0.3) is 0 Å². The molecule has 0 bridgehead atoms. The summed E-state index contributed by atoms with van der Waals surface area (Å²) in [6.45, 7) is 2.83. The number of nitrogens with one attached hydrogen (secondary N) is 1. The van der Waals surface area contributed by atoms with Crippen molar-refractivity contribution < 1.29 is 23.8 Å². The van der Waals surface area contributed by atoms with Gasteiger partial charge in [-0.2, -0.15) is 0 Å². The molecule has 7 nitrogen and oxygen atoms in total. The van der Waals surface area contributed by atoms with Crippen molar-refractivity contribution in [1.82, 2.24) is 10.2 Å². The van der Waals surface area contributed by atoms with Crippen LogP contribution in [0.25, 0.3) is 0 Å². The predicted octanol–water partition coefficient (Wildman–Crippen LogP) is 0.526. The number of amides is 2. The third kappa shape index (κ3) is 4.36. The minimum Gasteiger partial charge on any atom is -0.454 e. The Kier molecular flexibility index (Phi) is 5.60.